The summed E-state index contributed by atoms with van der Waals surface area (Å²) in [5.41, 5.74) is 0. The summed E-state index contributed by atoms with van der Waals surface area (Å²) in [6.07, 6.45) is 25.9. The number of ether oxygens (including phenoxy) is 1. The summed E-state index contributed by atoms with van der Waals surface area (Å²) in [5.74, 6) is -0.859. The largest absolute Gasteiger partial charge is 0.479 e. The number of hydrogen-bond acceptors (Lipinski definition) is 2. The fourth-order valence-corrected chi connectivity index (χ4v) is 2.23. The summed E-state index contributed by atoms with van der Waals surface area (Å²) in [5, 5.41) is 8.86. The lowest BCUT2D eigenvalue weighted by Gasteiger charge is -2.10. The number of rotatable bonds is 16. The number of hydrogen-bond donors (Lipinski definition) is 1. The van der Waals surface area contributed by atoms with Crippen LogP contribution < -0.4 is 0 Å². The van der Waals surface area contributed by atoms with E-state index >= 15 is 0 Å². The Morgan fingerprint density at radius 3 is 1.92 bits per heavy atom. The van der Waals surface area contributed by atoms with Crippen molar-refractivity contribution in [2.24, 2.45) is 0 Å². The minimum Gasteiger partial charge on any atom is -0.479 e. The monoisotopic (exact) mass is 348 g/mol. The molecule has 0 fully saturated rings. The van der Waals surface area contributed by atoms with Crippen molar-refractivity contribution in [1.29, 1.82) is 0 Å². The van der Waals surface area contributed by atoms with Crippen molar-refractivity contribution in [3.05, 3.63) is 48.6 Å². The van der Waals surface area contributed by atoms with E-state index in [4.69, 9.17) is 9.84 Å². The molecule has 0 saturated carbocycles. The van der Waals surface area contributed by atoms with E-state index in [0.717, 1.165) is 51.4 Å². The van der Waals surface area contributed by atoms with Gasteiger partial charge < -0.3 is 9.84 Å². The van der Waals surface area contributed by atoms with Crippen LogP contribution in [0.15, 0.2) is 48.6 Å². The van der Waals surface area contributed by atoms with Crippen molar-refractivity contribution >= 4 is 5.97 Å². The molecule has 0 aliphatic carbocycles. The van der Waals surface area contributed by atoms with E-state index in [1.54, 1.807) is 0 Å². The third kappa shape index (κ3) is 17.0. The average Bonchev–Trinajstić information content (AvgIpc) is 2.60. The van der Waals surface area contributed by atoms with Crippen molar-refractivity contribution < 1.29 is 14.6 Å². The van der Waals surface area contributed by atoms with Gasteiger partial charge in [0.15, 0.2) is 6.10 Å². The first-order valence-corrected chi connectivity index (χ1v) is 9.66. The lowest BCUT2D eigenvalue weighted by molar-refractivity contribution is -0.150. The number of carboxylic acids is 1. The molecule has 0 amide bonds. The van der Waals surface area contributed by atoms with Crippen LogP contribution in [0.5, 0.6) is 0 Å². The van der Waals surface area contributed by atoms with E-state index in [2.05, 4.69) is 55.5 Å². The maximum absolute atomic E-state index is 10.8. The Morgan fingerprint density at radius 2 is 1.40 bits per heavy atom. The molecule has 0 aliphatic heterocycles. The first-order chi connectivity index (χ1) is 12.2. The molecule has 1 N–H and O–H groups in total. The molecule has 0 spiro atoms. The highest BCUT2D eigenvalue weighted by Crippen LogP contribution is 2.05. The van der Waals surface area contributed by atoms with Crippen LogP contribution in [0.25, 0.3) is 0 Å². The van der Waals surface area contributed by atoms with Gasteiger partial charge in [0, 0.05) is 6.61 Å². The van der Waals surface area contributed by atoms with Crippen LogP contribution in [0.2, 0.25) is 0 Å². The molecule has 3 heteroatoms. The number of carboxylic acid groups (broad SMARTS) is 1. The van der Waals surface area contributed by atoms with Crippen LogP contribution in [-0.2, 0) is 9.53 Å². The molecule has 0 aliphatic rings. The lowest BCUT2D eigenvalue weighted by atomic mass is 10.2. The van der Waals surface area contributed by atoms with Gasteiger partial charge in [-0.25, -0.2) is 4.79 Å². The van der Waals surface area contributed by atoms with Crippen LogP contribution in [0.3, 0.4) is 0 Å². The topological polar surface area (TPSA) is 46.5 Å². The Bertz CT molecular complexity index is 419. The highest BCUT2D eigenvalue weighted by atomic mass is 16.5. The maximum Gasteiger partial charge on any atom is 0.332 e. The molecule has 0 aromatic rings. The summed E-state index contributed by atoms with van der Waals surface area (Å²) >= 11 is 0. The molecule has 0 saturated heterocycles. The van der Waals surface area contributed by atoms with Gasteiger partial charge in [-0.15, -0.1) is 0 Å². The molecule has 0 heterocycles. The summed E-state index contributed by atoms with van der Waals surface area (Å²) in [6.45, 7) is 4.52. The molecular weight excluding hydrogens is 312 g/mol. The first-order valence-electron chi connectivity index (χ1n) is 9.66. The molecule has 0 rings (SSSR count). The molecule has 3 nitrogen and oxygen atoms in total. The highest BCUT2D eigenvalue weighted by molar-refractivity contribution is 5.72. The van der Waals surface area contributed by atoms with Gasteiger partial charge >= 0.3 is 5.97 Å². The van der Waals surface area contributed by atoms with Gasteiger partial charge in [0.1, 0.15) is 0 Å². The zero-order chi connectivity index (χ0) is 18.6. The van der Waals surface area contributed by atoms with E-state index in [9.17, 15) is 4.79 Å². The minimum atomic E-state index is -0.859. The standard InChI is InChI=1S/C22H36O3/c1-3-5-6-7-8-9-10-11-12-13-14-15-16-17-18-19-20-25-21(4-2)22(23)24/h5-6,8-9,11-12,14-15,21H,3-4,7,10,13,16-20H2,1-2H3,(H,23,24)/b6-5-,9-8-,12-11-,15-14-. The smallest absolute Gasteiger partial charge is 0.332 e. The summed E-state index contributed by atoms with van der Waals surface area (Å²) in [6, 6.07) is 0. The average molecular weight is 349 g/mol. The zero-order valence-corrected chi connectivity index (χ0v) is 16.0. The molecule has 142 valence electrons. The van der Waals surface area contributed by atoms with Gasteiger partial charge in [-0.1, -0.05) is 68.9 Å². The van der Waals surface area contributed by atoms with Crippen molar-refractivity contribution in [3.8, 4) is 0 Å². The van der Waals surface area contributed by atoms with E-state index in [-0.39, 0.29) is 0 Å². The van der Waals surface area contributed by atoms with Crippen molar-refractivity contribution in [2.45, 2.75) is 77.7 Å². The predicted octanol–water partition coefficient (Wildman–Crippen LogP) is 6.23. The Balaban J connectivity index is 3.45. The number of carbonyl (C=O) groups is 1. The van der Waals surface area contributed by atoms with Crippen molar-refractivity contribution in [3.63, 3.8) is 0 Å². The third-order valence-corrected chi connectivity index (χ3v) is 3.70. The van der Waals surface area contributed by atoms with E-state index in [1.165, 1.54) is 0 Å². The zero-order valence-electron chi connectivity index (χ0n) is 16.0. The molecule has 0 radical (unpaired) electrons. The molecule has 1 atom stereocenters. The molecule has 1 unspecified atom stereocenters. The Morgan fingerprint density at radius 1 is 0.840 bits per heavy atom. The predicted molar refractivity (Wildman–Crippen MR) is 107 cm³/mol. The van der Waals surface area contributed by atoms with Gasteiger partial charge in [-0.2, -0.15) is 0 Å². The number of unbranched alkanes of at least 4 members (excludes halogenated alkanes) is 3. The van der Waals surface area contributed by atoms with Crippen LogP contribution in [0.4, 0.5) is 0 Å². The number of allylic oxidation sites excluding steroid dienone is 8. The number of aliphatic carboxylic acids is 1. The SMILES string of the molecule is CC/C=C\C/C=C\C/C=C\C/C=C\CCCCCOC(CC)C(=O)O. The van der Waals surface area contributed by atoms with Crippen molar-refractivity contribution in [1.82, 2.24) is 0 Å². The van der Waals surface area contributed by atoms with Crippen LogP contribution in [0.1, 0.15) is 71.6 Å². The van der Waals surface area contributed by atoms with Crippen LogP contribution in [0, 0.1) is 0 Å². The van der Waals surface area contributed by atoms with E-state index < -0.39 is 12.1 Å². The Labute approximate surface area is 154 Å². The molecule has 0 aromatic heterocycles. The molecule has 25 heavy (non-hydrogen) atoms. The molecule has 0 aromatic carbocycles. The molecular formula is C22H36O3. The van der Waals surface area contributed by atoms with Gasteiger partial charge in [-0.3, -0.25) is 0 Å². The second-order valence-electron chi connectivity index (χ2n) is 5.96. The lowest BCUT2D eigenvalue weighted by Crippen LogP contribution is -2.23. The van der Waals surface area contributed by atoms with Gasteiger partial charge in [-0.05, 0) is 51.4 Å². The fraction of sp³-hybridized carbons (Fsp3) is 0.591. The Kier molecular flexibility index (Phi) is 17.5. The Hall–Kier alpha value is -1.61. The first kappa shape index (κ1) is 23.4. The second-order valence-corrected chi connectivity index (χ2v) is 5.96. The van der Waals surface area contributed by atoms with Crippen molar-refractivity contribution in [2.75, 3.05) is 6.61 Å². The van der Waals surface area contributed by atoms with Gasteiger partial charge in [0.2, 0.25) is 0 Å². The quantitative estimate of drug-likeness (QED) is 0.265. The highest BCUT2D eigenvalue weighted by Gasteiger charge is 2.14. The third-order valence-electron chi connectivity index (χ3n) is 3.70. The fourth-order valence-electron chi connectivity index (χ4n) is 2.23. The van der Waals surface area contributed by atoms with E-state index in [1.807, 2.05) is 6.92 Å². The summed E-state index contributed by atoms with van der Waals surface area (Å²) < 4.78 is 5.34. The van der Waals surface area contributed by atoms with Crippen LogP contribution in [-0.4, -0.2) is 23.8 Å². The summed E-state index contributed by atoms with van der Waals surface area (Å²) in [4.78, 5) is 10.8. The summed E-state index contributed by atoms with van der Waals surface area (Å²) in [7, 11) is 0. The van der Waals surface area contributed by atoms with Crippen LogP contribution >= 0.6 is 0 Å². The van der Waals surface area contributed by atoms with E-state index in [0.29, 0.717) is 13.0 Å². The normalized spacial score (nSPS) is 13.7. The second kappa shape index (κ2) is 18.7. The minimum absolute atomic E-state index is 0.525. The van der Waals surface area contributed by atoms with Gasteiger partial charge in [0.25, 0.3) is 0 Å². The maximum atomic E-state index is 10.8. The van der Waals surface area contributed by atoms with Gasteiger partial charge in [0.05, 0.1) is 0 Å². The molecule has 0 bridgehead atoms.